The lowest BCUT2D eigenvalue weighted by molar-refractivity contribution is 0.304. The number of ether oxygens (including phenoxy) is 1. The van der Waals surface area contributed by atoms with Crippen LogP contribution in [0.5, 0.6) is 5.75 Å². The van der Waals surface area contributed by atoms with E-state index in [1.165, 1.54) is 24.0 Å². The third kappa shape index (κ3) is 6.83. The number of unbranched alkanes of at least 4 members (excludes halogenated alkanes) is 3. The zero-order chi connectivity index (χ0) is 24.3. The standard InChI is InChI=1S/C32H28N2O/c33-23-26-8-14-29(15-9-26)28-12-6-25(7-13-28)5-3-1-2-4-22-35-32-20-18-31(19-21-32)30-16-10-27(24-34)11-17-30/h6-21H,1-5,22H2. The van der Waals surface area contributed by atoms with E-state index in [1.54, 1.807) is 0 Å². The minimum atomic E-state index is 0.672. The number of nitrogens with zero attached hydrogens (tertiary/aromatic N) is 2. The SMILES string of the molecule is N#Cc1ccc(-c2ccc(CCCCCCOc3ccc(-c4ccc(C#N)cc4)cc3)cc2)cc1. The van der Waals surface area contributed by atoms with Gasteiger partial charge in [-0.3, -0.25) is 0 Å². The Morgan fingerprint density at radius 2 is 0.914 bits per heavy atom. The first-order valence-corrected chi connectivity index (χ1v) is 12.1. The molecule has 0 fully saturated rings. The first-order valence-electron chi connectivity index (χ1n) is 12.1. The minimum absolute atomic E-state index is 0.672. The van der Waals surface area contributed by atoms with Crippen LogP contribution in [0.4, 0.5) is 0 Å². The lowest BCUT2D eigenvalue weighted by Gasteiger charge is -2.08. The zero-order valence-corrected chi connectivity index (χ0v) is 19.8. The second-order valence-electron chi connectivity index (χ2n) is 8.61. The van der Waals surface area contributed by atoms with Gasteiger partial charge in [0.15, 0.2) is 0 Å². The van der Waals surface area contributed by atoms with Crippen molar-refractivity contribution in [2.24, 2.45) is 0 Å². The lowest BCUT2D eigenvalue weighted by Crippen LogP contribution is -1.97. The molecule has 0 radical (unpaired) electrons. The average molecular weight is 457 g/mol. The van der Waals surface area contributed by atoms with Gasteiger partial charge in [-0.2, -0.15) is 10.5 Å². The quantitative estimate of drug-likeness (QED) is 0.228. The van der Waals surface area contributed by atoms with Crippen LogP contribution in [0.15, 0.2) is 97.1 Å². The molecule has 0 aromatic heterocycles. The van der Waals surface area contributed by atoms with Gasteiger partial charge in [-0.25, -0.2) is 0 Å². The summed E-state index contributed by atoms with van der Waals surface area (Å²) in [5, 5.41) is 17.9. The summed E-state index contributed by atoms with van der Waals surface area (Å²) in [5.41, 5.74) is 7.26. The van der Waals surface area contributed by atoms with Crippen LogP contribution in [0.2, 0.25) is 0 Å². The molecule has 0 N–H and O–H groups in total. The molecule has 35 heavy (non-hydrogen) atoms. The number of aryl methyl sites for hydroxylation is 1. The Bertz CT molecular complexity index is 1190. The van der Waals surface area contributed by atoms with Crippen molar-refractivity contribution in [2.45, 2.75) is 32.1 Å². The van der Waals surface area contributed by atoms with Crippen LogP contribution < -0.4 is 4.74 Å². The molecule has 0 unspecified atom stereocenters. The zero-order valence-electron chi connectivity index (χ0n) is 19.8. The summed E-state index contributed by atoms with van der Waals surface area (Å²) in [5.74, 6) is 0.893. The maximum Gasteiger partial charge on any atom is 0.119 e. The van der Waals surface area contributed by atoms with E-state index in [0.717, 1.165) is 48.3 Å². The van der Waals surface area contributed by atoms with E-state index in [4.69, 9.17) is 15.3 Å². The third-order valence-corrected chi connectivity index (χ3v) is 6.13. The Morgan fingerprint density at radius 1 is 0.486 bits per heavy atom. The summed E-state index contributed by atoms with van der Waals surface area (Å²) in [4.78, 5) is 0. The molecule has 0 spiro atoms. The molecule has 0 saturated carbocycles. The molecule has 4 aromatic rings. The highest BCUT2D eigenvalue weighted by Gasteiger charge is 2.02. The largest absolute Gasteiger partial charge is 0.494 e. The highest BCUT2D eigenvalue weighted by molar-refractivity contribution is 5.65. The van der Waals surface area contributed by atoms with Crippen LogP contribution in [-0.2, 0) is 6.42 Å². The molecule has 4 aromatic carbocycles. The molecule has 0 bridgehead atoms. The lowest BCUT2D eigenvalue weighted by atomic mass is 10.0. The number of hydrogen-bond donors (Lipinski definition) is 0. The van der Waals surface area contributed by atoms with Crippen molar-refractivity contribution < 1.29 is 4.74 Å². The first-order chi connectivity index (χ1) is 17.2. The second-order valence-corrected chi connectivity index (χ2v) is 8.61. The van der Waals surface area contributed by atoms with Crippen molar-refractivity contribution in [3.8, 4) is 40.1 Å². The van der Waals surface area contributed by atoms with E-state index in [1.807, 2.05) is 60.7 Å². The molecule has 3 heteroatoms. The minimum Gasteiger partial charge on any atom is -0.494 e. The maximum absolute atomic E-state index is 8.93. The molecule has 3 nitrogen and oxygen atoms in total. The van der Waals surface area contributed by atoms with Crippen molar-refractivity contribution in [1.82, 2.24) is 0 Å². The Morgan fingerprint density at radius 3 is 1.40 bits per heavy atom. The normalized spacial score (nSPS) is 10.3. The summed E-state index contributed by atoms with van der Waals surface area (Å²) in [6.07, 6.45) is 5.67. The predicted octanol–water partition coefficient (Wildman–Crippen LogP) is 7.95. The number of benzene rings is 4. The Hall–Kier alpha value is -4.34. The van der Waals surface area contributed by atoms with Crippen molar-refractivity contribution in [2.75, 3.05) is 6.61 Å². The second kappa shape index (κ2) is 12.2. The van der Waals surface area contributed by atoms with Crippen LogP contribution in [0.1, 0.15) is 42.4 Å². The fourth-order valence-electron chi connectivity index (χ4n) is 4.06. The molecule has 172 valence electrons. The summed E-state index contributed by atoms with van der Waals surface area (Å²) in [7, 11) is 0. The van der Waals surface area contributed by atoms with Crippen molar-refractivity contribution in [3.05, 3.63) is 114 Å². The van der Waals surface area contributed by atoms with Gasteiger partial charge < -0.3 is 4.74 Å². The Kier molecular flexibility index (Phi) is 8.31. The van der Waals surface area contributed by atoms with Gasteiger partial charge in [0.2, 0.25) is 0 Å². The smallest absolute Gasteiger partial charge is 0.119 e. The molecule has 0 heterocycles. The summed E-state index contributed by atoms with van der Waals surface area (Å²) < 4.78 is 5.91. The molecule has 0 aliphatic rings. The molecule has 0 amide bonds. The predicted molar refractivity (Wildman–Crippen MR) is 141 cm³/mol. The van der Waals surface area contributed by atoms with Crippen molar-refractivity contribution >= 4 is 0 Å². The molecule has 0 aliphatic heterocycles. The van der Waals surface area contributed by atoms with Crippen LogP contribution >= 0.6 is 0 Å². The molecule has 0 aliphatic carbocycles. The topological polar surface area (TPSA) is 56.8 Å². The molecule has 4 rings (SSSR count). The van der Waals surface area contributed by atoms with Crippen LogP contribution in [0, 0.1) is 22.7 Å². The van der Waals surface area contributed by atoms with E-state index < -0.39 is 0 Å². The van der Waals surface area contributed by atoms with E-state index in [2.05, 4.69) is 48.5 Å². The van der Waals surface area contributed by atoms with Gasteiger partial charge in [0.25, 0.3) is 0 Å². The van der Waals surface area contributed by atoms with Crippen LogP contribution in [0.25, 0.3) is 22.3 Å². The van der Waals surface area contributed by atoms with Gasteiger partial charge in [-0.15, -0.1) is 0 Å². The number of nitriles is 2. The average Bonchev–Trinajstić information content (AvgIpc) is 2.93. The van der Waals surface area contributed by atoms with Crippen LogP contribution in [0.3, 0.4) is 0 Å². The van der Waals surface area contributed by atoms with E-state index in [9.17, 15) is 0 Å². The molecular formula is C32H28N2O. The van der Waals surface area contributed by atoms with Crippen molar-refractivity contribution in [1.29, 1.82) is 10.5 Å². The highest BCUT2D eigenvalue weighted by atomic mass is 16.5. The van der Waals surface area contributed by atoms with Gasteiger partial charge in [0.1, 0.15) is 5.75 Å². The van der Waals surface area contributed by atoms with Gasteiger partial charge in [0.05, 0.1) is 29.9 Å². The fraction of sp³-hybridized carbons (Fsp3) is 0.188. The van der Waals surface area contributed by atoms with Crippen LogP contribution in [-0.4, -0.2) is 6.61 Å². The summed E-state index contributed by atoms with van der Waals surface area (Å²) in [6.45, 7) is 0.732. The van der Waals surface area contributed by atoms with E-state index in [0.29, 0.717) is 11.1 Å². The fourth-order valence-corrected chi connectivity index (χ4v) is 4.06. The van der Waals surface area contributed by atoms with Crippen molar-refractivity contribution in [3.63, 3.8) is 0 Å². The Labute approximate surface area is 207 Å². The monoisotopic (exact) mass is 456 g/mol. The van der Waals surface area contributed by atoms with E-state index in [-0.39, 0.29) is 0 Å². The molecule has 0 atom stereocenters. The van der Waals surface area contributed by atoms with Gasteiger partial charge in [-0.1, -0.05) is 73.5 Å². The number of hydrogen-bond acceptors (Lipinski definition) is 3. The molecule has 0 saturated heterocycles. The highest BCUT2D eigenvalue weighted by Crippen LogP contribution is 2.23. The summed E-state index contributed by atoms with van der Waals surface area (Å²) >= 11 is 0. The first kappa shape index (κ1) is 23.8. The third-order valence-electron chi connectivity index (χ3n) is 6.13. The van der Waals surface area contributed by atoms with Gasteiger partial charge in [-0.05, 0) is 83.5 Å². The maximum atomic E-state index is 8.93. The molecular weight excluding hydrogens is 428 g/mol. The Balaban J connectivity index is 1.13. The summed E-state index contributed by atoms with van der Waals surface area (Å²) in [6, 6.07) is 36.5. The van der Waals surface area contributed by atoms with Gasteiger partial charge in [0, 0.05) is 0 Å². The van der Waals surface area contributed by atoms with Gasteiger partial charge >= 0.3 is 0 Å². The number of rotatable bonds is 10. The van der Waals surface area contributed by atoms with E-state index >= 15 is 0 Å².